The highest BCUT2D eigenvalue weighted by molar-refractivity contribution is 6.30. The molecule has 138 valence electrons. The molecule has 3 N–H and O–H groups in total. The van der Waals surface area contributed by atoms with Gasteiger partial charge in [0.05, 0.1) is 11.6 Å². The van der Waals surface area contributed by atoms with Crippen LogP contribution in [-0.4, -0.2) is 28.3 Å². The van der Waals surface area contributed by atoms with Crippen LogP contribution in [0, 0.1) is 0 Å². The Morgan fingerprint density at radius 1 is 1.15 bits per heavy atom. The molecular weight excluding hydrogens is 350 g/mol. The second-order valence-electron chi connectivity index (χ2n) is 6.88. The van der Waals surface area contributed by atoms with E-state index in [4.69, 9.17) is 11.6 Å². The molecule has 5 nitrogen and oxygen atoms in total. The van der Waals surface area contributed by atoms with Gasteiger partial charge in [-0.1, -0.05) is 49.1 Å². The van der Waals surface area contributed by atoms with Gasteiger partial charge in [0.25, 0.3) is 0 Å². The van der Waals surface area contributed by atoms with Gasteiger partial charge in [-0.3, -0.25) is 4.98 Å². The molecule has 3 rings (SSSR count). The molecule has 1 heterocycles. The molecule has 2 amide bonds. The molecule has 1 aromatic carbocycles. The smallest absolute Gasteiger partial charge is 0.315 e. The summed E-state index contributed by atoms with van der Waals surface area (Å²) >= 11 is 5.98. The van der Waals surface area contributed by atoms with Crippen LogP contribution in [0.1, 0.15) is 49.3 Å². The number of pyridine rings is 1. The average Bonchev–Trinajstić information content (AvgIpc) is 2.67. The molecule has 1 saturated carbocycles. The van der Waals surface area contributed by atoms with Gasteiger partial charge >= 0.3 is 6.03 Å². The van der Waals surface area contributed by atoms with Crippen molar-refractivity contribution in [3.8, 4) is 0 Å². The molecule has 6 heteroatoms. The highest BCUT2D eigenvalue weighted by Crippen LogP contribution is 2.27. The van der Waals surface area contributed by atoms with E-state index in [0.29, 0.717) is 5.02 Å². The molecule has 0 spiro atoms. The van der Waals surface area contributed by atoms with Crippen molar-refractivity contribution in [2.45, 2.75) is 43.7 Å². The molecule has 0 bridgehead atoms. The molecule has 2 aromatic rings. The fourth-order valence-electron chi connectivity index (χ4n) is 3.37. The fraction of sp³-hybridized carbons (Fsp3) is 0.400. The maximum absolute atomic E-state index is 12.5. The quantitative estimate of drug-likeness (QED) is 0.745. The molecule has 1 aliphatic rings. The molecule has 0 saturated heterocycles. The number of benzene rings is 1. The van der Waals surface area contributed by atoms with E-state index < -0.39 is 5.60 Å². The van der Waals surface area contributed by atoms with Crippen LogP contribution >= 0.6 is 11.6 Å². The second-order valence-corrected chi connectivity index (χ2v) is 7.32. The number of carbonyl (C=O) groups is 1. The van der Waals surface area contributed by atoms with Crippen LogP contribution in [-0.2, 0) is 0 Å². The number of rotatable bonds is 5. The van der Waals surface area contributed by atoms with E-state index in [1.165, 1.54) is 0 Å². The number of nitrogens with zero attached hydrogens (tertiary/aromatic N) is 1. The van der Waals surface area contributed by atoms with Gasteiger partial charge in [-0.15, -0.1) is 0 Å². The predicted octanol–water partition coefficient (Wildman–Crippen LogP) is 3.82. The topological polar surface area (TPSA) is 74.2 Å². The van der Waals surface area contributed by atoms with Crippen molar-refractivity contribution in [2.75, 3.05) is 6.54 Å². The largest absolute Gasteiger partial charge is 0.388 e. The minimum absolute atomic E-state index is 0.263. The molecule has 1 atom stereocenters. The second kappa shape index (κ2) is 8.52. The van der Waals surface area contributed by atoms with Crippen molar-refractivity contribution < 1.29 is 9.90 Å². The minimum atomic E-state index is -0.792. The van der Waals surface area contributed by atoms with E-state index >= 15 is 0 Å². The molecule has 1 aliphatic carbocycles. The molecule has 1 fully saturated rings. The first-order valence-electron chi connectivity index (χ1n) is 8.98. The van der Waals surface area contributed by atoms with Gasteiger partial charge in [-0.25, -0.2) is 4.79 Å². The lowest BCUT2D eigenvalue weighted by Gasteiger charge is -2.32. The first kappa shape index (κ1) is 18.7. The Hall–Kier alpha value is -2.11. The summed E-state index contributed by atoms with van der Waals surface area (Å²) in [5.41, 5.74) is 0.995. The number of aromatic nitrogens is 1. The van der Waals surface area contributed by atoms with E-state index in [1.807, 2.05) is 24.3 Å². The van der Waals surface area contributed by atoms with Crippen molar-refractivity contribution in [3.63, 3.8) is 0 Å². The number of nitrogens with one attached hydrogen (secondary N) is 2. The Balaban J connectivity index is 1.69. The maximum Gasteiger partial charge on any atom is 0.315 e. The first-order valence-corrected chi connectivity index (χ1v) is 9.36. The van der Waals surface area contributed by atoms with Crippen LogP contribution < -0.4 is 10.6 Å². The maximum atomic E-state index is 12.5. The normalized spacial score (nSPS) is 17.3. The minimum Gasteiger partial charge on any atom is -0.388 e. The standard InChI is InChI=1S/C20H24ClN3O2/c21-17-8-6-15(7-9-17)18(16-5-4-12-22-13-16)24-19(25)23-14-20(26)10-2-1-3-11-20/h4-9,12-13,18,26H,1-3,10-11,14H2,(H2,23,24,25)/t18-/m1/s1. The lowest BCUT2D eigenvalue weighted by molar-refractivity contribution is 0.00715. The summed E-state index contributed by atoms with van der Waals surface area (Å²) < 4.78 is 0. The van der Waals surface area contributed by atoms with Gasteiger partial charge in [-0.2, -0.15) is 0 Å². The Morgan fingerprint density at radius 3 is 2.54 bits per heavy atom. The highest BCUT2D eigenvalue weighted by atomic mass is 35.5. The number of amides is 2. The van der Waals surface area contributed by atoms with E-state index in [0.717, 1.165) is 43.2 Å². The summed E-state index contributed by atoms with van der Waals surface area (Å²) in [7, 11) is 0. The summed E-state index contributed by atoms with van der Waals surface area (Å²) in [4.78, 5) is 16.6. The Bertz CT molecular complexity index is 716. The monoisotopic (exact) mass is 373 g/mol. The summed E-state index contributed by atoms with van der Waals surface area (Å²) in [6, 6.07) is 10.5. The molecular formula is C20H24ClN3O2. The Morgan fingerprint density at radius 2 is 1.88 bits per heavy atom. The van der Waals surface area contributed by atoms with E-state index in [2.05, 4.69) is 15.6 Å². The summed E-state index contributed by atoms with van der Waals surface area (Å²) in [6.07, 6.45) is 8.04. The van der Waals surface area contributed by atoms with Gasteiger partial charge < -0.3 is 15.7 Å². The van der Waals surface area contributed by atoms with Crippen molar-refractivity contribution in [1.82, 2.24) is 15.6 Å². The van der Waals surface area contributed by atoms with Gasteiger partial charge in [0.15, 0.2) is 0 Å². The number of urea groups is 1. The molecule has 26 heavy (non-hydrogen) atoms. The van der Waals surface area contributed by atoms with Crippen molar-refractivity contribution in [1.29, 1.82) is 0 Å². The van der Waals surface area contributed by atoms with E-state index in [-0.39, 0.29) is 18.6 Å². The lowest BCUT2D eigenvalue weighted by Crippen LogP contribution is -2.48. The lowest BCUT2D eigenvalue weighted by atomic mass is 9.85. The van der Waals surface area contributed by atoms with E-state index in [1.54, 1.807) is 24.5 Å². The zero-order valence-corrected chi connectivity index (χ0v) is 15.4. The SMILES string of the molecule is O=C(NCC1(O)CCCCC1)N[C@H](c1ccc(Cl)cc1)c1cccnc1. The average molecular weight is 374 g/mol. The first-order chi connectivity index (χ1) is 12.6. The third-order valence-corrected chi connectivity index (χ3v) is 5.11. The van der Waals surface area contributed by atoms with E-state index in [9.17, 15) is 9.90 Å². The number of halogens is 1. The summed E-state index contributed by atoms with van der Waals surface area (Å²) in [6.45, 7) is 0.263. The Labute approximate surface area is 158 Å². The fourth-order valence-corrected chi connectivity index (χ4v) is 3.50. The van der Waals surface area contributed by atoms with Gasteiger partial charge in [0, 0.05) is 24.0 Å². The van der Waals surface area contributed by atoms with Crippen LogP contribution in [0.4, 0.5) is 4.79 Å². The number of carbonyl (C=O) groups excluding carboxylic acids is 1. The Kier molecular flexibility index (Phi) is 6.12. The molecule has 1 aromatic heterocycles. The van der Waals surface area contributed by atoms with Crippen LogP contribution in [0.3, 0.4) is 0 Å². The van der Waals surface area contributed by atoms with Crippen LogP contribution in [0.5, 0.6) is 0 Å². The van der Waals surface area contributed by atoms with Gasteiger partial charge in [0.2, 0.25) is 0 Å². The van der Waals surface area contributed by atoms with Crippen molar-refractivity contribution in [3.05, 3.63) is 64.9 Å². The highest BCUT2D eigenvalue weighted by Gasteiger charge is 2.29. The predicted molar refractivity (Wildman–Crippen MR) is 102 cm³/mol. The molecule has 0 unspecified atom stereocenters. The third-order valence-electron chi connectivity index (χ3n) is 4.86. The third kappa shape index (κ3) is 4.96. The zero-order valence-electron chi connectivity index (χ0n) is 14.6. The number of aliphatic hydroxyl groups is 1. The van der Waals surface area contributed by atoms with Gasteiger partial charge in [-0.05, 0) is 42.2 Å². The number of hydrogen-bond donors (Lipinski definition) is 3. The summed E-state index contributed by atoms with van der Waals surface area (Å²) in [5.74, 6) is 0. The molecule has 0 radical (unpaired) electrons. The van der Waals surface area contributed by atoms with Crippen LogP contribution in [0.25, 0.3) is 0 Å². The summed E-state index contributed by atoms with van der Waals surface area (Å²) in [5, 5.41) is 17.0. The number of hydrogen-bond acceptors (Lipinski definition) is 3. The zero-order chi connectivity index (χ0) is 18.4. The molecule has 0 aliphatic heterocycles. The van der Waals surface area contributed by atoms with Crippen molar-refractivity contribution in [2.24, 2.45) is 0 Å². The van der Waals surface area contributed by atoms with Crippen molar-refractivity contribution >= 4 is 17.6 Å². The van der Waals surface area contributed by atoms with Crippen LogP contribution in [0.15, 0.2) is 48.8 Å². The van der Waals surface area contributed by atoms with Crippen LogP contribution in [0.2, 0.25) is 5.02 Å². The van der Waals surface area contributed by atoms with Gasteiger partial charge in [0.1, 0.15) is 0 Å².